The van der Waals surface area contributed by atoms with Gasteiger partial charge in [0.25, 0.3) is 0 Å². The number of anilines is 1. The molecule has 1 saturated carbocycles. The van der Waals surface area contributed by atoms with E-state index in [1.165, 1.54) is 23.7 Å². The molecule has 1 N–H and O–H groups in total. The van der Waals surface area contributed by atoms with Crippen LogP contribution in [-0.2, 0) is 11.0 Å². The van der Waals surface area contributed by atoms with Crippen LogP contribution in [0.15, 0.2) is 5.38 Å². The number of hydrogen-bond donors (Lipinski definition) is 1. The van der Waals surface area contributed by atoms with Crippen molar-refractivity contribution in [3.8, 4) is 0 Å². The molecule has 0 radical (unpaired) electrons. The molecule has 2 nitrogen and oxygen atoms in total. The lowest BCUT2D eigenvalue weighted by molar-refractivity contribution is -0.746. The summed E-state index contributed by atoms with van der Waals surface area (Å²) in [5.74, 6) is 0.915. The molecule has 0 aromatic carbocycles. The quantitative estimate of drug-likeness (QED) is 0.821. The van der Waals surface area contributed by atoms with Crippen LogP contribution in [0.3, 0.4) is 0 Å². The van der Waals surface area contributed by atoms with Crippen LogP contribution in [0, 0.1) is 5.92 Å². The number of aromatic nitrogens is 1. The van der Waals surface area contributed by atoms with E-state index in [0.29, 0.717) is 0 Å². The van der Waals surface area contributed by atoms with Crippen LogP contribution in [-0.4, -0.2) is 6.54 Å². The molecule has 1 fully saturated rings. The maximum atomic E-state index is 3.66. The molecule has 0 spiro atoms. The van der Waals surface area contributed by atoms with E-state index >= 15 is 0 Å². The van der Waals surface area contributed by atoms with Crippen LogP contribution in [0.2, 0.25) is 0 Å². The molecule has 1 aromatic heterocycles. The standard InChI is InChI=1S/C15H26N2S/c1-14(2,3)12-10-18-13(16-9-11-7-8-11)17(12)15(4,5)6/h10-11H,7-9H2,1-6H3/p+1. The second kappa shape index (κ2) is 4.52. The van der Waals surface area contributed by atoms with Gasteiger partial charge < -0.3 is 0 Å². The molecule has 18 heavy (non-hydrogen) atoms. The van der Waals surface area contributed by atoms with Crippen LogP contribution in [0.25, 0.3) is 0 Å². The average Bonchev–Trinajstić information content (AvgIpc) is 2.89. The van der Waals surface area contributed by atoms with Crippen LogP contribution < -0.4 is 9.88 Å². The summed E-state index contributed by atoms with van der Waals surface area (Å²) in [7, 11) is 0. The molecule has 0 saturated heterocycles. The number of nitrogens with one attached hydrogen (secondary N) is 1. The van der Waals surface area contributed by atoms with Gasteiger partial charge in [0.2, 0.25) is 0 Å². The average molecular weight is 267 g/mol. The Morgan fingerprint density at radius 3 is 2.28 bits per heavy atom. The molecule has 0 atom stereocenters. The van der Waals surface area contributed by atoms with Crippen molar-refractivity contribution >= 4 is 16.5 Å². The Balaban J connectivity index is 2.31. The molecule has 0 unspecified atom stereocenters. The Kier molecular flexibility index (Phi) is 3.48. The third-order valence-electron chi connectivity index (χ3n) is 3.40. The fraction of sp³-hybridized carbons (Fsp3) is 0.800. The van der Waals surface area contributed by atoms with E-state index < -0.39 is 0 Å². The first-order chi connectivity index (χ1) is 8.19. The minimum Gasteiger partial charge on any atom is -0.265 e. The molecular weight excluding hydrogens is 240 g/mol. The zero-order valence-electron chi connectivity index (χ0n) is 12.6. The van der Waals surface area contributed by atoms with E-state index in [2.05, 4.69) is 56.8 Å². The van der Waals surface area contributed by atoms with E-state index in [1.807, 2.05) is 11.3 Å². The fourth-order valence-corrected chi connectivity index (χ4v) is 3.51. The first kappa shape index (κ1) is 13.9. The predicted molar refractivity (Wildman–Crippen MR) is 79.4 cm³/mol. The number of nitrogens with zero attached hydrogens (tertiary/aromatic N) is 1. The zero-order chi connectivity index (χ0) is 13.6. The van der Waals surface area contributed by atoms with Crippen molar-refractivity contribution in [2.45, 2.75) is 65.3 Å². The summed E-state index contributed by atoms with van der Waals surface area (Å²) >= 11 is 1.85. The summed E-state index contributed by atoms with van der Waals surface area (Å²) < 4.78 is 2.49. The maximum absolute atomic E-state index is 3.66. The Labute approximate surface area is 115 Å². The van der Waals surface area contributed by atoms with Gasteiger partial charge in [-0.25, -0.2) is 4.57 Å². The molecule has 1 aliphatic carbocycles. The normalized spacial score (nSPS) is 17.0. The van der Waals surface area contributed by atoms with Gasteiger partial charge in [-0.15, -0.1) is 0 Å². The van der Waals surface area contributed by atoms with Crippen molar-refractivity contribution in [3.05, 3.63) is 11.1 Å². The largest absolute Gasteiger partial charge is 0.334 e. The maximum Gasteiger partial charge on any atom is 0.334 e. The number of rotatable bonds is 3. The Hall–Kier alpha value is -0.570. The first-order valence-electron chi connectivity index (χ1n) is 6.98. The van der Waals surface area contributed by atoms with Gasteiger partial charge in [-0.1, -0.05) is 32.1 Å². The predicted octanol–water partition coefficient (Wildman–Crippen LogP) is 3.91. The van der Waals surface area contributed by atoms with Gasteiger partial charge in [0.1, 0.15) is 11.2 Å². The first-order valence-corrected chi connectivity index (χ1v) is 7.86. The molecule has 2 rings (SSSR count). The summed E-state index contributed by atoms with van der Waals surface area (Å²) in [5.41, 5.74) is 1.76. The van der Waals surface area contributed by atoms with Gasteiger partial charge in [0.05, 0.1) is 6.54 Å². The highest BCUT2D eigenvalue weighted by molar-refractivity contribution is 7.13. The van der Waals surface area contributed by atoms with Crippen molar-refractivity contribution in [3.63, 3.8) is 0 Å². The summed E-state index contributed by atoms with van der Waals surface area (Å²) in [4.78, 5) is 0. The van der Waals surface area contributed by atoms with Crippen molar-refractivity contribution in [2.75, 3.05) is 11.9 Å². The minimum absolute atomic E-state index is 0.133. The Morgan fingerprint density at radius 2 is 1.83 bits per heavy atom. The van der Waals surface area contributed by atoms with E-state index in [0.717, 1.165) is 12.5 Å². The van der Waals surface area contributed by atoms with Crippen molar-refractivity contribution in [2.24, 2.45) is 5.92 Å². The Morgan fingerprint density at radius 1 is 1.22 bits per heavy atom. The second-order valence-corrected chi connectivity index (χ2v) is 8.36. The van der Waals surface area contributed by atoms with Gasteiger partial charge >= 0.3 is 5.13 Å². The topological polar surface area (TPSA) is 15.9 Å². The fourth-order valence-electron chi connectivity index (χ4n) is 2.18. The molecule has 102 valence electrons. The van der Waals surface area contributed by atoms with Crippen molar-refractivity contribution < 1.29 is 4.57 Å². The van der Waals surface area contributed by atoms with Crippen LogP contribution in [0.5, 0.6) is 0 Å². The molecule has 0 bridgehead atoms. The van der Waals surface area contributed by atoms with Crippen molar-refractivity contribution in [1.29, 1.82) is 0 Å². The lowest BCUT2D eigenvalue weighted by atomic mass is 9.91. The van der Waals surface area contributed by atoms with E-state index in [-0.39, 0.29) is 11.0 Å². The second-order valence-electron chi connectivity index (χ2n) is 7.51. The van der Waals surface area contributed by atoms with E-state index in [9.17, 15) is 0 Å². The highest BCUT2D eigenvalue weighted by Gasteiger charge is 2.34. The highest BCUT2D eigenvalue weighted by Crippen LogP contribution is 2.31. The molecular formula is C15H27N2S+. The summed E-state index contributed by atoms with van der Waals surface area (Å²) in [5, 5.41) is 7.29. The summed E-state index contributed by atoms with van der Waals surface area (Å²) in [6.45, 7) is 14.9. The van der Waals surface area contributed by atoms with Crippen LogP contribution in [0.1, 0.15) is 60.1 Å². The van der Waals surface area contributed by atoms with E-state index in [1.54, 1.807) is 0 Å². The van der Waals surface area contributed by atoms with Gasteiger partial charge in [0, 0.05) is 10.8 Å². The molecule has 0 aliphatic heterocycles. The molecule has 1 heterocycles. The van der Waals surface area contributed by atoms with Gasteiger partial charge in [-0.2, -0.15) is 0 Å². The Bertz CT molecular complexity index is 417. The number of hydrogen-bond acceptors (Lipinski definition) is 2. The van der Waals surface area contributed by atoms with E-state index in [4.69, 9.17) is 0 Å². The number of thiazole rings is 1. The van der Waals surface area contributed by atoms with Gasteiger partial charge in [0.15, 0.2) is 0 Å². The smallest absolute Gasteiger partial charge is 0.265 e. The lowest BCUT2D eigenvalue weighted by Gasteiger charge is -2.25. The minimum atomic E-state index is 0.133. The molecule has 1 aliphatic rings. The van der Waals surface area contributed by atoms with Crippen molar-refractivity contribution in [1.82, 2.24) is 0 Å². The summed E-state index contributed by atoms with van der Waals surface area (Å²) in [6, 6.07) is 0. The highest BCUT2D eigenvalue weighted by atomic mass is 32.1. The molecule has 1 aromatic rings. The van der Waals surface area contributed by atoms with Gasteiger partial charge in [-0.3, -0.25) is 5.32 Å². The third kappa shape index (κ3) is 3.05. The zero-order valence-corrected chi connectivity index (χ0v) is 13.4. The van der Waals surface area contributed by atoms with Crippen LogP contribution in [0.4, 0.5) is 5.13 Å². The monoisotopic (exact) mass is 267 g/mol. The van der Waals surface area contributed by atoms with Gasteiger partial charge in [-0.05, 0) is 39.5 Å². The van der Waals surface area contributed by atoms with Crippen LogP contribution >= 0.6 is 11.3 Å². The third-order valence-corrected chi connectivity index (χ3v) is 4.30. The summed E-state index contributed by atoms with van der Waals surface area (Å²) in [6.07, 6.45) is 2.81. The SMILES string of the molecule is CC(C)(C)c1csc(NCC2CC2)[n+]1C(C)(C)C. The lowest BCUT2D eigenvalue weighted by Crippen LogP contribution is -2.55. The molecule has 0 amide bonds. The molecule has 3 heteroatoms.